The number of benzene rings is 1. The summed E-state index contributed by atoms with van der Waals surface area (Å²) in [5.41, 5.74) is 1.44. The fraction of sp³-hybridized carbons (Fsp3) is 0.480. The van der Waals surface area contributed by atoms with Crippen molar-refractivity contribution < 1.29 is 19.4 Å². The molecule has 2 aliphatic rings. The Morgan fingerprint density at radius 2 is 1.81 bits per heavy atom. The van der Waals surface area contributed by atoms with Gasteiger partial charge in [0.05, 0.1) is 18.6 Å². The average molecular weight is 438 g/mol. The summed E-state index contributed by atoms with van der Waals surface area (Å²) < 4.78 is 5.96. The smallest absolute Gasteiger partial charge is 0.307 e. The van der Waals surface area contributed by atoms with Gasteiger partial charge in [0.25, 0.3) is 5.91 Å². The first-order chi connectivity index (χ1) is 15.3. The van der Waals surface area contributed by atoms with Crippen molar-refractivity contribution in [3.8, 4) is 5.88 Å². The summed E-state index contributed by atoms with van der Waals surface area (Å²) in [6.45, 7) is 8.03. The number of carboxylic acids is 1. The molecule has 7 heteroatoms. The predicted octanol–water partition coefficient (Wildman–Crippen LogP) is 3.76. The Kier molecular flexibility index (Phi) is 6.35. The lowest BCUT2D eigenvalue weighted by atomic mass is 10.1. The summed E-state index contributed by atoms with van der Waals surface area (Å²) in [6, 6.07) is 13.3. The number of carbonyl (C=O) groups excluding carboxylic acids is 1. The maximum atomic E-state index is 13.0. The van der Waals surface area contributed by atoms with Gasteiger partial charge in [0.15, 0.2) is 0 Å². The first-order valence-electron chi connectivity index (χ1n) is 11.3. The molecule has 1 aromatic carbocycles. The van der Waals surface area contributed by atoms with Crippen LogP contribution in [-0.4, -0.2) is 41.7 Å². The normalized spacial score (nSPS) is 22.4. The molecule has 4 rings (SSSR count). The van der Waals surface area contributed by atoms with Gasteiger partial charge in [0.1, 0.15) is 11.4 Å². The average Bonchev–Trinajstić information content (AvgIpc) is 3.28. The van der Waals surface area contributed by atoms with Crippen LogP contribution in [0.4, 0.5) is 5.82 Å². The number of nitrogens with zero attached hydrogens (tertiary/aromatic N) is 2. The van der Waals surface area contributed by atoms with Crippen LogP contribution in [0.15, 0.2) is 42.5 Å². The zero-order chi connectivity index (χ0) is 22.8. The second-order valence-corrected chi connectivity index (χ2v) is 9.26. The van der Waals surface area contributed by atoms with Crippen LogP contribution in [0.25, 0.3) is 0 Å². The highest BCUT2D eigenvalue weighted by Gasteiger charge is 2.60. The third-order valence-electron chi connectivity index (χ3n) is 6.47. The Morgan fingerprint density at radius 3 is 2.44 bits per heavy atom. The van der Waals surface area contributed by atoms with Gasteiger partial charge in [-0.05, 0) is 48.8 Å². The van der Waals surface area contributed by atoms with Gasteiger partial charge in [-0.2, -0.15) is 4.98 Å². The third kappa shape index (κ3) is 4.71. The van der Waals surface area contributed by atoms with E-state index in [1.807, 2.05) is 43.3 Å². The molecule has 0 radical (unpaired) electrons. The van der Waals surface area contributed by atoms with Crippen molar-refractivity contribution in [3.05, 3.63) is 53.6 Å². The van der Waals surface area contributed by atoms with Gasteiger partial charge in [-0.1, -0.05) is 44.2 Å². The Labute approximate surface area is 188 Å². The second-order valence-electron chi connectivity index (χ2n) is 9.26. The molecular formula is C25H31N3O4. The number of anilines is 1. The van der Waals surface area contributed by atoms with Crippen LogP contribution >= 0.6 is 0 Å². The summed E-state index contributed by atoms with van der Waals surface area (Å²) in [4.78, 5) is 31.1. The molecule has 4 atom stereocenters. The standard InChI is InChI=1S/C25H31N3O4/c1-15(2)11-12-32-24-18(23(29)26-16(3)17-7-5-4-6-8-17)9-10-21(27-24)28-13-19-20(14-28)22(19)25(30)31/h4-10,15-16,19-20,22H,11-14H2,1-3H3,(H,26,29)(H,30,31)/t16-,19-,20+,22?/m1/s1. The number of carboxylic acid groups (broad SMARTS) is 1. The van der Waals surface area contributed by atoms with Crippen molar-refractivity contribution in [1.29, 1.82) is 0 Å². The summed E-state index contributed by atoms with van der Waals surface area (Å²) in [5, 5.41) is 12.3. The number of hydrogen-bond donors (Lipinski definition) is 2. The van der Waals surface area contributed by atoms with E-state index < -0.39 is 5.97 Å². The quantitative estimate of drug-likeness (QED) is 0.621. The molecule has 7 nitrogen and oxygen atoms in total. The number of nitrogens with one attached hydrogen (secondary N) is 1. The maximum Gasteiger partial charge on any atom is 0.307 e. The van der Waals surface area contributed by atoms with Crippen LogP contribution in [-0.2, 0) is 4.79 Å². The second kappa shape index (κ2) is 9.18. The lowest BCUT2D eigenvalue weighted by Gasteiger charge is -2.22. The minimum absolute atomic E-state index is 0.148. The van der Waals surface area contributed by atoms with Crippen molar-refractivity contribution in [2.45, 2.75) is 33.2 Å². The van der Waals surface area contributed by atoms with Crippen LogP contribution in [0.3, 0.4) is 0 Å². The molecule has 1 saturated carbocycles. The van der Waals surface area contributed by atoms with Gasteiger partial charge in [-0.25, -0.2) is 0 Å². The fourth-order valence-electron chi connectivity index (χ4n) is 4.46. The zero-order valence-electron chi connectivity index (χ0n) is 18.8. The van der Waals surface area contributed by atoms with E-state index >= 15 is 0 Å². The molecule has 2 aromatic rings. The van der Waals surface area contributed by atoms with Gasteiger partial charge in [0.2, 0.25) is 5.88 Å². The highest BCUT2D eigenvalue weighted by molar-refractivity contribution is 5.96. The first kappa shape index (κ1) is 22.1. The van der Waals surface area contributed by atoms with E-state index in [1.54, 1.807) is 6.07 Å². The van der Waals surface area contributed by atoms with Crippen LogP contribution in [0.1, 0.15) is 49.2 Å². The number of aliphatic carboxylic acids is 1. The van der Waals surface area contributed by atoms with Crippen molar-refractivity contribution in [2.75, 3.05) is 24.6 Å². The fourth-order valence-corrected chi connectivity index (χ4v) is 4.46. The molecule has 32 heavy (non-hydrogen) atoms. The number of hydrogen-bond acceptors (Lipinski definition) is 5. The number of aromatic nitrogens is 1. The van der Waals surface area contributed by atoms with E-state index in [1.165, 1.54) is 0 Å². The molecule has 1 saturated heterocycles. The number of piperidine rings is 1. The van der Waals surface area contributed by atoms with Gasteiger partial charge < -0.3 is 20.1 Å². The third-order valence-corrected chi connectivity index (χ3v) is 6.47. The van der Waals surface area contributed by atoms with Crippen LogP contribution in [0.5, 0.6) is 5.88 Å². The molecule has 1 unspecified atom stereocenters. The van der Waals surface area contributed by atoms with E-state index in [0.29, 0.717) is 37.1 Å². The highest BCUT2D eigenvalue weighted by Crippen LogP contribution is 2.52. The summed E-state index contributed by atoms with van der Waals surface area (Å²) in [7, 11) is 0. The molecule has 1 aromatic heterocycles. The van der Waals surface area contributed by atoms with Crippen LogP contribution in [0, 0.1) is 23.7 Å². The number of amides is 1. The molecular weight excluding hydrogens is 406 g/mol. The Morgan fingerprint density at radius 1 is 1.12 bits per heavy atom. The van der Waals surface area contributed by atoms with Gasteiger partial charge in [-0.3, -0.25) is 9.59 Å². The highest BCUT2D eigenvalue weighted by atomic mass is 16.5. The van der Waals surface area contributed by atoms with Crippen molar-refractivity contribution in [3.63, 3.8) is 0 Å². The molecule has 0 bridgehead atoms. The van der Waals surface area contributed by atoms with E-state index in [2.05, 4.69) is 29.0 Å². The predicted molar refractivity (Wildman–Crippen MR) is 122 cm³/mol. The molecule has 1 aliphatic carbocycles. The number of pyridine rings is 1. The molecule has 0 spiro atoms. The van der Waals surface area contributed by atoms with E-state index in [4.69, 9.17) is 4.74 Å². The largest absolute Gasteiger partial charge is 0.481 e. The Balaban J connectivity index is 1.49. The Hall–Kier alpha value is -3.09. The van der Waals surface area contributed by atoms with E-state index in [-0.39, 0.29) is 29.7 Å². The monoisotopic (exact) mass is 437 g/mol. The molecule has 170 valence electrons. The number of carbonyl (C=O) groups is 2. The van der Waals surface area contributed by atoms with Crippen molar-refractivity contribution >= 4 is 17.7 Å². The molecule has 2 heterocycles. The number of fused-ring (bicyclic) bond motifs is 1. The van der Waals surface area contributed by atoms with Crippen LogP contribution < -0.4 is 15.0 Å². The minimum atomic E-state index is -0.704. The van der Waals surface area contributed by atoms with Crippen molar-refractivity contribution in [1.82, 2.24) is 10.3 Å². The van der Waals surface area contributed by atoms with Gasteiger partial charge in [0, 0.05) is 13.1 Å². The SMILES string of the molecule is CC(C)CCOc1nc(N2C[C@@H]3C(C(=O)O)[C@@H]3C2)ccc1C(=O)N[C@H](C)c1ccccc1. The summed E-state index contributed by atoms with van der Waals surface area (Å²) >= 11 is 0. The van der Waals surface area contributed by atoms with Gasteiger partial charge in [-0.15, -0.1) is 0 Å². The molecule has 1 aliphatic heterocycles. The zero-order valence-corrected chi connectivity index (χ0v) is 18.8. The van der Waals surface area contributed by atoms with Crippen molar-refractivity contribution in [2.24, 2.45) is 23.7 Å². The Bertz CT molecular complexity index is 966. The molecule has 2 N–H and O–H groups in total. The van der Waals surface area contributed by atoms with Gasteiger partial charge >= 0.3 is 5.97 Å². The number of rotatable bonds is 9. The summed E-state index contributed by atoms with van der Waals surface area (Å²) in [5.74, 6) is 0.762. The maximum absolute atomic E-state index is 13.0. The molecule has 2 fully saturated rings. The van der Waals surface area contributed by atoms with E-state index in [0.717, 1.165) is 17.8 Å². The van der Waals surface area contributed by atoms with Crippen LogP contribution in [0.2, 0.25) is 0 Å². The van der Waals surface area contributed by atoms with E-state index in [9.17, 15) is 14.7 Å². The lowest BCUT2D eigenvalue weighted by Crippen LogP contribution is -2.29. The first-order valence-corrected chi connectivity index (χ1v) is 11.3. The lowest BCUT2D eigenvalue weighted by molar-refractivity contribution is -0.139. The minimum Gasteiger partial charge on any atom is -0.481 e. The topological polar surface area (TPSA) is 91.8 Å². The number of ether oxygens (including phenoxy) is 1. The summed E-state index contributed by atoms with van der Waals surface area (Å²) in [6.07, 6.45) is 0.863. The molecule has 1 amide bonds.